The molecule has 3 unspecified atom stereocenters. The number of carbonyl (C=O) groups excluding carboxylic acids is 2. The summed E-state index contributed by atoms with van der Waals surface area (Å²) in [5.41, 5.74) is 0. The summed E-state index contributed by atoms with van der Waals surface area (Å²) >= 11 is 0. The monoisotopic (exact) mass is 240 g/mol. The normalized spacial score (nSPS) is 28.8. The number of ketones is 1. The van der Waals surface area contributed by atoms with E-state index in [-0.39, 0.29) is 24.1 Å². The first-order valence-corrected chi connectivity index (χ1v) is 6.74. The molecule has 0 aliphatic heterocycles. The molecular formula is C14H24O3. The fourth-order valence-corrected chi connectivity index (χ4v) is 2.68. The van der Waals surface area contributed by atoms with Crippen LogP contribution in [0.25, 0.3) is 0 Å². The predicted octanol–water partition coefficient (Wildman–Crippen LogP) is 2.97. The van der Waals surface area contributed by atoms with E-state index < -0.39 is 0 Å². The highest BCUT2D eigenvalue weighted by molar-refractivity contribution is 5.85. The zero-order chi connectivity index (χ0) is 12.8. The van der Waals surface area contributed by atoms with Gasteiger partial charge in [0.15, 0.2) is 0 Å². The molecule has 0 amide bonds. The lowest BCUT2D eigenvalue weighted by Crippen LogP contribution is -2.30. The van der Waals surface area contributed by atoms with Gasteiger partial charge < -0.3 is 4.74 Å². The number of esters is 1. The van der Waals surface area contributed by atoms with Crippen LogP contribution in [0, 0.1) is 17.8 Å². The third kappa shape index (κ3) is 4.14. The molecule has 1 fully saturated rings. The summed E-state index contributed by atoms with van der Waals surface area (Å²) in [7, 11) is 0. The molecule has 3 atom stereocenters. The van der Waals surface area contributed by atoms with Crippen LogP contribution in [0.1, 0.15) is 52.9 Å². The van der Waals surface area contributed by atoms with E-state index in [0.29, 0.717) is 24.9 Å². The van der Waals surface area contributed by atoms with Crippen molar-refractivity contribution < 1.29 is 14.3 Å². The smallest absolute Gasteiger partial charge is 0.306 e. The lowest BCUT2D eigenvalue weighted by molar-refractivity contribution is -0.144. The highest BCUT2D eigenvalue weighted by atomic mass is 16.5. The number of hydrogen-bond donors (Lipinski definition) is 0. The second-order valence-corrected chi connectivity index (χ2v) is 5.15. The molecule has 0 heterocycles. The van der Waals surface area contributed by atoms with Crippen LogP contribution in [0.5, 0.6) is 0 Å². The molecule has 1 saturated carbocycles. The SMILES string of the molecule is CCOC(=O)CCC(=O)C1CCCC(C)C1C. The van der Waals surface area contributed by atoms with Gasteiger partial charge in [0.1, 0.15) is 5.78 Å². The molecule has 0 radical (unpaired) electrons. The molecular weight excluding hydrogens is 216 g/mol. The van der Waals surface area contributed by atoms with E-state index in [1.54, 1.807) is 6.92 Å². The van der Waals surface area contributed by atoms with E-state index in [1.807, 2.05) is 0 Å². The maximum Gasteiger partial charge on any atom is 0.306 e. The van der Waals surface area contributed by atoms with E-state index in [4.69, 9.17) is 4.74 Å². The Kier molecular flexibility index (Phi) is 5.66. The highest BCUT2D eigenvalue weighted by Gasteiger charge is 2.31. The first-order chi connectivity index (χ1) is 8.06. The fraction of sp³-hybridized carbons (Fsp3) is 0.857. The number of Topliss-reactive ketones (excluding diaryl/α,β-unsaturated/α-hetero) is 1. The molecule has 3 nitrogen and oxygen atoms in total. The molecule has 0 N–H and O–H groups in total. The van der Waals surface area contributed by atoms with Gasteiger partial charge in [-0.15, -0.1) is 0 Å². The van der Waals surface area contributed by atoms with Crippen LogP contribution in [0.2, 0.25) is 0 Å². The van der Waals surface area contributed by atoms with Crippen LogP contribution >= 0.6 is 0 Å². The molecule has 1 aliphatic rings. The summed E-state index contributed by atoms with van der Waals surface area (Å²) < 4.78 is 4.84. The van der Waals surface area contributed by atoms with Crippen molar-refractivity contribution in [3.05, 3.63) is 0 Å². The molecule has 0 aromatic rings. The van der Waals surface area contributed by atoms with Crippen LogP contribution in [0.3, 0.4) is 0 Å². The van der Waals surface area contributed by atoms with E-state index in [0.717, 1.165) is 12.8 Å². The quantitative estimate of drug-likeness (QED) is 0.694. The summed E-state index contributed by atoms with van der Waals surface area (Å²) in [4.78, 5) is 23.3. The summed E-state index contributed by atoms with van der Waals surface area (Å²) in [6.07, 6.45) is 3.95. The summed E-state index contributed by atoms with van der Waals surface area (Å²) in [5, 5.41) is 0. The first-order valence-electron chi connectivity index (χ1n) is 6.74. The number of rotatable bonds is 5. The van der Waals surface area contributed by atoms with Crippen molar-refractivity contribution in [1.82, 2.24) is 0 Å². The lowest BCUT2D eigenvalue weighted by Gasteiger charge is -2.33. The fourth-order valence-electron chi connectivity index (χ4n) is 2.68. The van der Waals surface area contributed by atoms with Crippen molar-refractivity contribution in [2.75, 3.05) is 6.61 Å². The van der Waals surface area contributed by atoms with Gasteiger partial charge >= 0.3 is 5.97 Å². The van der Waals surface area contributed by atoms with Crippen molar-refractivity contribution in [3.63, 3.8) is 0 Å². The van der Waals surface area contributed by atoms with Gasteiger partial charge in [-0.25, -0.2) is 0 Å². The minimum Gasteiger partial charge on any atom is -0.466 e. The van der Waals surface area contributed by atoms with Crippen molar-refractivity contribution >= 4 is 11.8 Å². The average Bonchev–Trinajstić information content (AvgIpc) is 2.30. The number of hydrogen-bond acceptors (Lipinski definition) is 3. The second-order valence-electron chi connectivity index (χ2n) is 5.15. The molecule has 0 saturated heterocycles. The largest absolute Gasteiger partial charge is 0.466 e. The van der Waals surface area contributed by atoms with Crippen LogP contribution in [0.15, 0.2) is 0 Å². The molecule has 0 spiro atoms. The van der Waals surface area contributed by atoms with Crippen molar-refractivity contribution in [3.8, 4) is 0 Å². The van der Waals surface area contributed by atoms with Crippen molar-refractivity contribution in [2.24, 2.45) is 17.8 Å². The van der Waals surface area contributed by atoms with Crippen LogP contribution in [0.4, 0.5) is 0 Å². The Morgan fingerprint density at radius 1 is 1.18 bits per heavy atom. The third-order valence-corrected chi connectivity index (χ3v) is 4.00. The standard InChI is InChI=1S/C14H24O3/c1-4-17-14(16)9-8-13(15)12-7-5-6-10(2)11(12)3/h10-12H,4-9H2,1-3H3. The molecule has 3 heteroatoms. The minimum atomic E-state index is -0.252. The molecule has 0 aromatic heterocycles. The number of carbonyl (C=O) groups is 2. The maximum atomic E-state index is 12.1. The van der Waals surface area contributed by atoms with Crippen LogP contribution < -0.4 is 0 Å². The summed E-state index contributed by atoms with van der Waals surface area (Å²) in [5.74, 6) is 1.24. The first kappa shape index (κ1) is 14.2. The summed E-state index contributed by atoms with van der Waals surface area (Å²) in [6, 6.07) is 0. The molecule has 1 aliphatic carbocycles. The average molecular weight is 240 g/mol. The van der Waals surface area contributed by atoms with E-state index in [2.05, 4.69) is 13.8 Å². The Morgan fingerprint density at radius 3 is 2.53 bits per heavy atom. The van der Waals surface area contributed by atoms with Crippen molar-refractivity contribution in [2.45, 2.75) is 52.9 Å². The lowest BCUT2D eigenvalue weighted by atomic mass is 9.71. The second kappa shape index (κ2) is 6.77. The van der Waals surface area contributed by atoms with Gasteiger partial charge in [-0.1, -0.05) is 26.7 Å². The number of ether oxygens (including phenoxy) is 1. The molecule has 98 valence electrons. The van der Waals surface area contributed by atoms with Crippen LogP contribution in [-0.4, -0.2) is 18.4 Å². The Balaban J connectivity index is 2.39. The van der Waals surface area contributed by atoms with Crippen molar-refractivity contribution in [1.29, 1.82) is 0 Å². The Hall–Kier alpha value is -0.860. The van der Waals surface area contributed by atoms with E-state index >= 15 is 0 Å². The molecule has 1 rings (SSSR count). The highest BCUT2D eigenvalue weighted by Crippen LogP contribution is 2.35. The van der Waals surface area contributed by atoms with Gasteiger partial charge in [0, 0.05) is 12.3 Å². The zero-order valence-electron chi connectivity index (χ0n) is 11.2. The minimum absolute atomic E-state index is 0.160. The van der Waals surface area contributed by atoms with E-state index in [9.17, 15) is 9.59 Å². The Labute approximate surface area is 104 Å². The van der Waals surface area contributed by atoms with Gasteiger partial charge in [-0.3, -0.25) is 9.59 Å². The Bertz CT molecular complexity index is 273. The topological polar surface area (TPSA) is 43.4 Å². The zero-order valence-corrected chi connectivity index (χ0v) is 11.2. The maximum absolute atomic E-state index is 12.1. The van der Waals surface area contributed by atoms with E-state index in [1.165, 1.54) is 6.42 Å². The third-order valence-electron chi connectivity index (χ3n) is 4.00. The van der Waals surface area contributed by atoms with Gasteiger partial charge in [0.25, 0.3) is 0 Å². The van der Waals surface area contributed by atoms with Gasteiger partial charge in [-0.05, 0) is 25.2 Å². The molecule has 17 heavy (non-hydrogen) atoms. The predicted molar refractivity (Wildman–Crippen MR) is 66.5 cm³/mol. The Morgan fingerprint density at radius 2 is 1.88 bits per heavy atom. The molecule has 0 aromatic carbocycles. The van der Waals surface area contributed by atoms with Gasteiger partial charge in [-0.2, -0.15) is 0 Å². The summed E-state index contributed by atoms with van der Waals surface area (Å²) in [6.45, 7) is 6.56. The van der Waals surface area contributed by atoms with Gasteiger partial charge in [0.2, 0.25) is 0 Å². The van der Waals surface area contributed by atoms with Crippen LogP contribution in [-0.2, 0) is 14.3 Å². The van der Waals surface area contributed by atoms with Gasteiger partial charge in [0.05, 0.1) is 13.0 Å². The molecule has 0 bridgehead atoms.